The molecule has 0 N–H and O–H groups in total. The third kappa shape index (κ3) is 2.17. The Labute approximate surface area is 144 Å². The predicted molar refractivity (Wildman–Crippen MR) is 97.9 cm³/mol. The maximum absolute atomic E-state index is 13.2. The molecule has 2 unspecified atom stereocenters. The lowest BCUT2D eigenvalue weighted by atomic mass is 10.1. The van der Waals surface area contributed by atoms with Crippen LogP contribution in [0, 0.1) is 6.92 Å². The summed E-state index contributed by atoms with van der Waals surface area (Å²) in [7, 11) is 0. The Kier molecular flexibility index (Phi) is 3.49. The number of carbonyl (C=O) groups excluding carboxylic acids is 1. The number of thiazole rings is 1. The molecule has 0 bridgehead atoms. The summed E-state index contributed by atoms with van der Waals surface area (Å²) in [6.45, 7) is 6.18. The highest BCUT2D eigenvalue weighted by molar-refractivity contribution is 7.16. The number of hydrogen-bond donors (Lipinski definition) is 0. The number of hydrogen-bond acceptors (Lipinski definition) is 4. The summed E-state index contributed by atoms with van der Waals surface area (Å²) in [4.78, 5) is 25.4. The van der Waals surface area contributed by atoms with Gasteiger partial charge in [0, 0.05) is 11.9 Å². The monoisotopic (exact) mass is 338 g/mol. The SMILES string of the molecule is Cc1ccncc1N1C(=O)N(c2ccc3ncsc3c2)C(C)C1C. The average Bonchev–Trinajstić information content (AvgIpc) is 3.12. The van der Waals surface area contributed by atoms with E-state index < -0.39 is 0 Å². The molecule has 3 heterocycles. The van der Waals surface area contributed by atoms with Crippen molar-refractivity contribution in [1.82, 2.24) is 9.97 Å². The fraction of sp³-hybridized carbons (Fsp3) is 0.278. The van der Waals surface area contributed by atoms with Gasteiger partial charge in [0.2, 0.25) is 0 Å². The lowest BCUT2D eigenvalue weighted by molar-refractivity contribution is 0.255. The van der Waals surface area contributed by atoms with E-state index in [1.807, 2.05) is 46.5 Å². The van der Waals surface area contributed by atoms with Crippen molar-refractivity contribution in [2.45, 2.75) is 32.9 Å². The van der Waals surface area contributed by atoms with Crippen LogP contribution in [0.1, 0.15) is 19.4 Å². The maximum atomic E-state index is 13.2. The molecule has 0 aliphatic carbocycles. The molecule has 24 heavy (non-hydrogen) atoms. The van der Waals surface area contributed by atoms with Crippen LogP contribution in [0.2, 0.25) is 0 Å². The largest absolute Gasteiger partial charge is 0.329 e. The van der Waals surface area contributed by atoms with Crippen LogP contribution >= 0.6 is 11.3 Å². The number of fused-ring (bicyclic) bond motifs is 1. The number of aryl methyl sites for hydroxylation is 1. The van der Waals surface area contributed by atoms with E-state index in [9.17, 15) is 4.79 Å². The number of aromatic nitrogens is 2. The van der Waals surface area contributed by atoms with E-state index >= 15 is 0 Å². The maximum Gasteiger partial charge on any atom is 0.329 e. The van der Waals surface area contributed by atoms with Gasteiger partial charge in [-0.05, 0) is 50.6 Å². The van der Waals surface area contributed by atoms with Crippen molar-refractivity contribution in [1.29, 1.82) is 0 Å². The summed E-state index contributed by atoms with van der Waals surface area (Å²) in [5, 5.41) is 0. The minimum Gasteiger partial charge on any atom is -0.289 e. The third-order valence-corrected chi connectivity index (χ3v) is 5.58. The molecule has 2 atom stereocenters. The van der Waals surface area contributed by atoms with Crippen LogP contribution in [-0.4, -0.2) is 28.1 Å². The van der Waals surface area contributed by atoms with Crippen molar-refractivity contribution < 1.29 is 4.79 Å². The van der Waals surface area contributed by atoms with Gasteiger partial charge in [-0.1, -0.05) is 0 Å². The topological polar surface area (TPSA) is 49.3 Å². The van der Waals surface area contributed by atoms with Gasteiger partial charge in [0.05, 0.1) is 39.7 Å². The van der Waals surface area contributed by atoms with Gasteiger partial charge in [-0.25, -0.2) is 9.78 Å². The highest BCUT2D eigenvalue weighted by Gasteiger charge is 2.43. The Bertz CT molecular complexity index is 922. The zero-order valence-corrected chi connectivity index (χ0v) is 14.6. The Hall–Kier alpha value is -2.47. The van der Waals surface area contributed by atoms with Gasteiger partial charge in [0.25, 0.3) is 0 Å². The van der Waals surface area contributed by atoms with E-state index in [0.29, 0.717) is 0 Å². The summed E-state index contributed by atoms with van der Waals surface area (Å²) < 4.78 is 1.09. The molecule has 1 aliphatic heterocycles. The number of amides is 2. The first-order valence-corrected chi connectivity index (χ1v) is 8.82. The summed E-state index contributed by atoms with van der Waals surface area (Å²) in [5.41, 5.74) is 5.65. The Balaban J connectivity index is 1.77. The molecule has 122 valence electrons. The van der Waals surface area contributed by atoms with E-state index in [2.05, 4.69) is 23.8 Å². The van der Waals surface area contributed by atoms with Crippen molar-refractivity contribution in [3.63, 3.8) is 0 Å². The number of pyridine rings is 1. The van der Waals surface area contributed by atoms with Crippen LogP contribution < -0.4 is 9.80 Å². The second-order valence-corrected chi connectivity index (χ2v) is 7.06. The van der Waals surface area contributed by atoms with E-state index in [4.69, 9.17) is 0 Å². The van der Waals surface area contributed by atoms with Gasteiger partial charge >= 0.3 is 6.03 Å². The molecule has 1 saturated heterocycles. The van der Waals surface area contributed by atoms with Crippen LogP contribution in [0.5, 0.6) is 0 Å². The van der Waals surface area contributed by atoms with Crippen molar-refractivity contribution in [2.75, 3.05) is 9.80 Å². The van der Waals surface area contributed by atoms with Crippen molar-refractivity contribution >= 4 is 39.0 Å². The van der Waals surface area contributed by atoms with Gasteiger partial charge in [-0.3, -0.25) is 14.8 Å². The molecule has 0 spiro atoms. The standard InChI is InChI=1S/C18H18N4OS/c1-11-6-7-19-9-16(11)22-13(3)12(2)21(18(22)23)14-4-5-15-17(8-14)24-10-20-15/h4-10,12-13H,1-3H3. The molecule has 3 aromatic rings. The minimum atomic E-state index is -0.00466. The van der Waals surface area contributed by atoms with E-state index in [1.54, 1.807) is 23.7 Å². The molecule has 0 radical (unpaired) electrons. The van der Waals surface area contributed by atoms with Crippen LogP contribution in [0.25, 0.3) is 10.2 Å². The summed E-state index contributed by atoms with van der Waals surface area (Å²) in [6, 6.07) is 8.07. The van der Waals surface area contributed by atoms with Crippen molar-refractivity contribution in [2.24, 2.45) is 0 Å². The molecule has 5 nitrogen and oxygen atoms in total. The molecular weight excluding hydrogens is 320 g/mol. The van der Waals surface area contributed by atoms with Crippen LogP contribution in [0.15, 0.2) is 42.2 Å². The van der Waals surface area contributed by atoms with E-state index in [-0.39, 0.29) is 18.1 Å². The minimum absolute atomic E-state index is 0.00466. The number of rotatable bonds is 2. The Morgan fingerprint density at radius 3 is 2.71 bits per heavy atom. The molecule has 1 aliphatic rings. The highest BCUT2D eigenvalue weighted by atomic mass is 32.1. The van der Waals surface area contributed by atoms with Gasteiger partial charge in [0.15, 0.2) is 0 Å². The normalized spacial score (nSPS) is 21.0. The predicted octanol–water partition coefficient (Wildman–Crippen LogP) is 4.22. The van der Waals surface area contributed by atoms with Gasteiger partial charge in [-0.2, -0.15) is 0 Å². The number of carbonyl (C=O) groups is 1. The number of anilines is 2. The summed E-state index contributed by atoms with van der Waals surface area (Å²) in [6.07, 6.45) is 3.52. The first-order chi connectivity index (χ1) is 11.6. The molecule has 1 aromatic carbocycles. The highest BCUT2D eigenvalue weighted by Crippen LogP contribution is 2.35. The molecule has 1 fully saturated rings. The van der Waals surface area contributed by atoms with Crippen LogP contribution in [0.4, 0.5) is 16.2 Å². The van der Waals surface area contributed by atoms with Crippen LogP contribution in [-0.2, 0) is 0 Å². The molecule has 2 aromatic heterocycles. The number of urea groups is 1. The lowest BCUT2D eigenvalue weighted by Crippen LogP contribution is -2.34. The van der Waals surface area contributed by atoms with Gasteiger partial charge < -0.3 is 0 Å². The molecule has 6 heteroatoms. The fourth-order valence-corrected chi connectivity index (χ4v) is 3.98. The van der Waals surface area contributed by atoms with Gasteiger partial charge in [0.1, 0.15) is 0 Å². The lowest BCUT2D eigenvalue weighted by Gasteiger charge is -2.22. The zero-order chi connectivity index (χ0) is 16.8. The van der Waals surface area contributed by atoms with Crippen LogP contribution in [0.3, 0.4) is 0 Å². The van der Waals surface area contributed by atoms with E-state index in [0.717, 1.165) is 27.2 Å². The van der Waals surface area contributed by atoms with Crippen molar-refractivity contribution in [3.05, 3.63) is 47.7 Å². The second kappa shape index (κ2) is 5.56. The molecular formula is C18H18N4OS. The fourth-order valence-electron chi connectivity index (χ4n) is 3.27. The summed E-state index contributed by atoms with van der Waals surface area (Å²) in [5.74, 6) is 0. The van der Waals surface area contributed by atoms with Crippen molar-refractivity contribution in [3.8, 4) is 0 Å². The Morgan fingerprint density at radius 2 is 1.92 bits per heavy atom. The Morgan fingerprint density at radius 1 is 1.12 bits per heavy atom. The first-order valence-electron chi connectivity index (χ1n) is 7.94. The zero-order valence-electron chi connectivity index (χ0n) is 13.8. The number of nitrogens with zero attached hydrogens (tertiary/aromatic N) is 4. The number of benzene rings is 1. The van der Waals surface area contributed by atoms with Gasteiger partial charge in [-0.15, -0.1) is 11.3 Å². The smallest absolute Gasteiger partial charge is 0.289 e. The summed E-state index contributed by atoms with van der Waals surface area (Å²) >= 11 is 1.59. The second-order valence-electron chi connectivity index (χ2n) is 6.17. The molecule has 4 rings (SSSR count). The molecule has 0 saturated carbocycles. The first kappa shape index (κ1) is 15.1. The van der Waals surface area contributed by atoms with E-state index in [1.165, 1.54) is 0 Å². The third-order valence-electron chi connectivity index (χ3n) is 4.79. The quantitative estimate of drug-likeness (QED) is 0.703. The molecule has 2 amide bonds. The average molecular weight is 338 g/mol.